The number of ether oxygens (including phenoxy) is 2. The van der Waals surface area contributed by atoms with E-state index in [-0.39, 0.29) is 29.4 Å². The van der Waals surface area contributed by atoms with Gasteiger partial charge in [0.05, 0.1) is 17.3 Å². The van der Waals surface area contributed by atoms with Crippen LogP contribution in [0, 0.1) is 0 Å². The predicted octanol–water partition coefficient (Wildman–Crippen LogP) is 5.06. The van der Waals surface area contributed by atoms with Gasteiger partial charge in [0, 0.05) is 10.6 Å². The highest BCUT2D eigenvalue weighted by atomic mass is 79.9. The number of barbiturate groups is 1. The van der Waals surface area contributed by atoms with Crippen molar-refractivity contribution in [1.29, 1.82) is 0 Å². The number of benzene rings is 3. The fourth-order valence-corrected chi connectivity index (χ4v) is 4.01. The molecule has 1 fully saturated rings. The quantitative estimate of drug-likeness (QED) is 0.324. The number of anilines is 1. The fourth-order valence-electron chi connectivity index (χ4n) is 3.36. The van der Waals surface area contributed by atoms with E-state index in [9.17, 15) is 19.5 Å². The second kappa shape index (κ2) is 10.2. The van der Waals surface area contributed by atoms with Gasteiger partial charge in [-0.1, -0.05) is 29.8 Å². The van der Waals surface area contributed by atoms with Gasteiger partial charge in [-0.2, -0.15) is 0 Å². The number of urea groups is 1. The molecule has 0 saturated carbocycles. The highest BCUT2D eigenvalue weighted by Crippen LogP contribution is 2.36. The summed E-state index contributed by atoms with van der Waals surface area (Å²) in [6.45, 7) is 0.245. The van der Waals surface area contributed by atoms with Crippen LogP contribution in [0.4, 0.5) is 10.5 Å². The van der Waals surface area contributed by atoms with Crippen LogP contribution in [0.2, 0.25) is 5.02 Å². The lowest BCUT2D eigenvalue weighted by Crippen LogP contribution is -2.54. The van der Waals surface area contributed by atoms with Crippen molar-refractivity contribution in [2.75, 3.05) is 12.0 Å². The van der Waals surface area contributed by atoms with Crippen LogP contribution >= 0.6 is 27.5 Å². The smallest absolute Gasteiger partial charge is 0.335 e. The molecule has 0 aromatic heterocycles. The number of phenols is 1. The van der Waals surface area contributed by atoms with Crippen LogP contribution in [0.3, 0.4) is 0 Å². The number of methoxy groups -OCH3 is 1. The van der Waals surface area contributed by atoms with Crippen molar-refractivity contribution in [3.05, 3.63) is 86.9 Å². The summed E-state index contributed by atoms with van der Waals surface area (Å²) in [5.41, 5.74) is 1.21. The molecule has 4 rings (SSSR count). The molecule has 1 aliphatic heterocycles. The molecular formula is C25H18BrClN2O6. The Kier molecular flexibility index (Phi) is 7.09. The molecule has 0 unspecified atom stereocenters. The Labute approximate surface area is 213 Å². The molecule has 0 aliphatic carbocycles. The lowest BCUT2D eigenvalue weighted by atomic mass is 10.1. The summed E-state index contributed by atoms with van der Waals surface area (Å²) in [6, 6.07) is 15.7. The molecule has 1 saturated heterocycles. The molecule has 35 heavy (non-hydrogen) atoms. The first-order valence-electron chi connectivity index (χ1n) is 10.2. The van der Waals surface area contributed by atoms with E-state index < -0.39 is 17.8 Å². The third kappa shape index (κ3) is 5.16. The second-order valence-corrected chi connectivity index (χ2v) is 8.65. The van der Waals surface area contributed by atoms with Gasteiger partial charge in [0.15, 0.2) is 11.5 Å². The number of imide groups is 2. The molecule has 8 nitrogen and oxygen atoms in total. The maximum absolute atomic E-state index is 13.1. The Bertz CT molecular complexity index is 1360. The first kappa shape index (κ1) is 24.3. The molecule has 3 aromatic rings. The minimum Gasteiger partial charge on any atom is -0.503 e. The van der Waals surface area contributed by atoms with Crippen molar-refractivity contribution in [3.8, 4) is 17.2 Å². The third-order valence-electron chi connectivity index (χ3n) is 5.13. The highest BCUT2D eigenvalue weighted by molar-refractivity contribution is 9.10. The van der Waals surface area contributed by atoms with Crippen LogP contribution in [0.1, 0.15) is 11.1 Å². The van der Waals surface area contributed by atoms with E-state index in [0.717, 1.165) is 10.5 Å². The van der Waals surface area contributed by atoms with Crippen molar-refractivity contribution in [3.63, 3.8) is 0 Å². The molecule has 2 N–H and O–H groups in total. The molecule has 0 atom stereocenters. The van der Waals surface area contributed by atoms with Gasteiger partial charge in [-0.25, -0.2) is 9.69 Å². The van der Waals surface area contributed by atoms with Crippen LogP contribution in [0.15, 0.2) is 70.7 Å². The second-order valence-electron chi connectivity index (χ2n) is 7.39. The number of hydrogen-bond acceptors (Lipinski definition) is 6. The number of halogens is 2. The predicted molar refractivity (Wildman–Crippen MR) is 134 cm³/mol. The van der Waals surface area contributed by atoms with E-state index in [2.05, 4.69) is 21.2 Å². The van der Waals surface area contributed by atoms with E-state index in [4.69, 9.17) is 21.1 Å². The Morgan fingerprint density at radius 1 is 1.09 bits per heavy atom. The van der Waals surface area contributed by atoms with Crippen molar-refractivity contribution >= 4 is 57.1 Å². The number of carbonyl (C=O) groups is 3. The number of aromatic hydroxyl groups is 1. The normalized spacial score (nSPS) is 14.8. The van der Waals surface area contributed by atoms with E-state index in [1.165, 1.54) is 37.5 Å². The van der Waals surface area contributed by atoms with Gasteiger partial charge in [0.1, 0.15) is 17.9 Å². The monoisotopic (exact) mass is 556 g/mol. The van der Waals surface area contributed by atoms with Gasteiger partial charge < -0.3 is 14.6 Å². The minimum atomic E-state index is -0.869. The zero-order chi connectivity index (χ0) is 25.1. The van der Waals surface area contributed by atoms with Crippen LogP contribution in [0.25, 0.3) is 6.08 Å². The Balaban J connectivity index is 1.57. The number of nitrogens with zero attached hydrogens (tertiary/aromatic N) is 1. The lowest BCUT2D eigenvalue weighted by molar-refractivity contribution is -0.122. The van der Waals surface area contributed by atoms with Crippen LogP contribution in [-0.4, -0.2) is 30.1 Å². The Morgan fingerprint density at radius 2 is 1.80 bits per heavy atom. The molecule has 1 aliphatic rings. The maximum Gasteiger partial charge on any atom is 0.335 e. The third-order valence-corrected chi connectivity index (χ3v) is 6.10. The van der Waals surface area contributed by atoms with Gasteiger partial charge in [0.2, 0.25) is 0 Å². The molecular weight excluding hydrogens is 540 g/mol. The number of phenolic OH excluding ortho intramolecular Hbond substituents is 1. The topological polar surface area (TPSA) is 105 Å². The SMILES string of the molecule is COc1cc(/C=C2\C(=O)NC(=O)N(c3ccc(OCc4ccccc4Cl)cc3)C2=O)cc(Br)c1O. The van der Waals surface area contributed by atoms with Gasteiger partial charge in [-0.05, 0) is 70.0 Å². The first-order chi connectivity index (χ1) is 16.8. The summed E-state index contributed by atoms with van der Waals surface area (Å²) >= 11 is 9.34. The Hall–Kier alpha value is -3.82. The molecule has 10 heteroatoms. The molecule has 0 spiro atoms. The number of nitrogens with one attached hydrogen (secondary N) is 1. The zero-order valence-corrected chi connectivity index (χ0v) is 20.6. The lowest BCUT2D eigenvalue weighted by Gasteiger charge is -2.26. The molecule has 178 valence electrons. The number of amides is 4. The van der Waals surface area contributed by atoms with Crippen LogP contribution in [0.5, 0.6) is 17.2 Å². The van der Waals surface area contributed by atoms with Crippen molar-refractivity contribution in [1.82, 2.24) is 5.32 Å². The Morgan fingerprint density at radius 3 is 2.49 bits per heavy atom. The van der Waals surface area contributed by atoms with Crippen LogP contribution in [-0.2, 0) is 16.2 Å². The van der Waals surface area contributed by atoms with Gasteiger partial charge in [-0.15, -0.1) is 0 Å². The van der Waals surface area contributed by atoms with E-state index in [0.29, 0.717) is 20.8 Å². The van der Waals surface area contributed by atoms with Crippen molar-refractivity contribution in [2.45, 2.75) is 6.61 Å². The van der Waals surface area contributed by atoms with Gasteiger partial charge >= 0.3 is 6.03 Å². The summed E-state index contributed by atoms with van der Waals surface area (Å²) in [6.07, 6.45) is 1.31. The van der Waals surface area contributed by atoms with E-state index in [1.54, 1.807) is 18.2 Å². The average Bonchev–Trinajstić information content (AvgIpc) is 2.84. The molecule has 3 aromatic carbocycles. The molecule has 0 bridgehead atoms. The first-order valence-corrected chi connectivity index (χ1v) is 11.4. The maximum atomic E-state index is 13.1. The average molecular weight is 558 g/mol. The molecule has 4 amide bonds. The summed E-state index contributed by atoms with van der Waals surface area (Å²) in [5.74, 6) is -1.10. The molecule has 1 heterocycles. The van der Waals surface area contributed by atoms with E-state index >= 15 is 0 Å². The number of rotatable bonds is 6. The summed E-state index contributed by atoms with van der Waals surface area (Å²) in [7, 11) is 1.37. The summed E-state index contributed by atoms with van der Waals surface area (Å²) in [5, 5.41) is 12.7. The number of hydrogen-bond donors (Lipinski definition) is 2. The number of carbonyl (C=O) groups excluding carboxylic acids is 3. The highest BCUT2D eigenvalue weighted by Gasteiger charge is 2.36. The fraction of sp³-hybridized carbons (Fsp3) is 0.0800. The van der Waals surface area contributed by atoms with E-state index in [1.807, 2.05) is 18.2 Å². The van der Waals surface area contributed by atoms with Crippen molar-refractivity contribution in [2.24, 2.45) is 0 Å². The minimum absolute atomic E-state index is 0.122. The van der Waals surface area contributed by atoms with Crippen molar-refractivity contribution < 1.29 is 29.0 Å². The zero-order valence-electron chi connectivity index (χ0n) is 18.2. The largest absolute Gasteiger partial charge is 0.503 e. The summed E-state index contributed by atoms with van der Waals surface area (Å²) in [4.78, 5) is 38.9. The molecule has 0 radical (unpaired) electrons. The van der Waals surface area contributed by atoms with Crippen LogP contribution < -0.4 is 19.7 Å². The van der Waals surface area contributed by atoms with Gasteiger partial charge in [0.25, 0.3) is 11.8 Å². The standard InChI is InChI=1S/C25H18BrClN2O6/c1-34-21-12-14(11-19(26)22(21)30)10-18-23(31)28-25(33)29(24(18)32)16-6-8-17(9-7-16)35-13-15-4-2-3-5-20(15)27/h2-12,30H,13H2,1H3,(H,28,31,33)/b18-10+. The summed E-state index contributed by atoms with van der Waals surface area (Å²) < 4.78 is 11.2. The van der Waals surface area contributed by atoms with Gasteiger partial charge in [-0.3, -0.25) is 14.9 Å².